The molecule has 5 heteroatoms. The Labute approximate surface area is 111 Å². The molecule has 1 aliphatic heterocycles. The third-order valence-corrected chi connectivity index (χ3v) is 3.73. The van der Waals surface area contributed by atoms with Gasteiger partial charge >= 0.3 is 6.18 Å². The Morgan fingerprint density at radius 3 is 2.47 bits per heavy atom. The number of hydrogen-bond acceptors (Lipinski definition) is 2. The first kappa shape index (κ1) is 14.3. The fraction of sp³-hybridized carbons (Fsp3) is 0.571. The number of benzene rings is 1. The van der Waals surface area contributed by atoms with Gasteiger partial charge in [0.1, 0.15) is 0 Å². The fourth-order valence-electron chi connectivity index (χ4n) is 2.84. The van der Waals surface area contributed by atoms with Gasteiger partial charge in [-0.05, 0) is 31.9 Å². The Bertz CT molecular complexity index is 443. The van der Waals surface area contributed by atoms with Crippen LogP contribution in [-0.4, -0.2) is 23.5 Å². The summed E-state index contributed by atoms with van der Waals surface area (Å²) in [7, 11) is 0. The van der Waals surface area contributed by atoms with Gasteiger partial charge in [-0.1, -0.05) is 18.2 Å². The van der Waals surface area contributed by atoms with Crippen molar-refractivity contribution in [2.45, 2.75) is 44.6 Å². The Balaban J connectivity index is 2.46. The Morgan fingerprint density at radius 2 is 1.89 bits per heavy atom. The molecule has 0 radical (unpaired) electrons. The fourth-order valence-corrected chi connectivity index (χ4v) is 2.84. The molecule has 1 aromatic carbocycles. The van der Waals surface area contributed by atoms with Crippen molar-refractivity contribution in [3.63, 3.8) is 0 Å². The molecule has 2 unspecified atom stereocenters. The number of nitrogens with zero attached hydrogens (tertiary/aromatic N) is 1. The monoisotopic (exact) mass is 272 g/mol. The largest absolute Gasteiger partial charge is 0.416 e. The van der Waals surface area contributed by atoms with Crippen LogP contribution in [-0.2, 0) is 6.18 Å². The lowest BCUT2D eigenvalue weighted by Crippen LogP contribution is -2.37. The maximum atomic E-state index is 13.1. The van der Waals surface area contributed by atoms with Gasteiger partial charge in [-0.2, -0.15) is 13.2 Å². The van der Waals surface area contributed by atoms with Gasteiger partial charge in [-0.3, -0.25) is 4.90 Å². The van der Waals surface area contributed by atoms with Gasteiger partial charge in [-0.25, -0.2) is 0 Å². The number of hydrogen-bond donors (Lipinski definition) is 1. The summed E-state index contributed by atoms with van der Waals surface area (Å²) in [6, 6.07) is 5.34. The summed E-state index contributed by atoms with van der Waals surface area (Å²) < 4.78 is 39.3. The van der Waals surface area contributed by atoms with E-state index in [9.17, 15) is 13.2 Å². The molecule has 19 heavy (non-hydrogen) atoms. The molecule has 1 aliphatic rings. The van der Waals surface area contributed by atoms with Crippen molar-refractivity contribution in [2.24, 2.45) is 5.73 Å². The SMILES string of the molecule is CC(C)N1CCC(N)C1c1ccccc1C(F)(F)F. The average molecular weight is 272 g/mol. The minimum Gasteiger partial charge on any atom is -0.326 e. The molecule has 2 nitrogen and oxygen atoms in total. The molecule has 1 aromatic rings. The normalized spacial score (nSPS) is 25.2. The molecule has 1 saturated heterocycles. The van der Waals surface area contributed by atoms with Gasteiger partial charge in [0.05, 0.1) is 11.6 Å². The second-order valence-corrected chi connectivity index (χ2v) is 5.31. The summed E-state index contributed by atoms with van der Waals surface area (Å²) in [5.74, 6) is 0. The second kappa shape index (κ2) is 5.13. The summed E-state index contributed by atoms with van der Waals surface area (Å²) in [6.07, 6.45) is -3.60. The molecule has 0 amide bonds. The lowest BCUT2D eigenvalue weighted by molar-refractivity contribution is -0.138. The summed E-state index contributed by atoms with van der Waals surface area (Å²) in [5.41, 5.74) is 5.78. The standard InChI is InChI=1S/C14H19F3N2/c1-9(2)19-8-7-12(18)13(19)10-5-3-4-6-11(10)14(15,16)17/h3-6,9,12-13H,7-8,18H2,1-2H3. The van der Waals surface area contributed by atoms with Crippen molar-refractivity contribution in [1.82, 2.24) is 4.90 Å². The molecular weight excluding hydrogens is 253 g/mol. The summed E-state index contributed by atoms with van der Waals surface area (Å²) in [4.78, 5) is 2.05. The first-order chi connectivity index (χ1) is 8.82. The highest BCUT2D eigenvalue weighted by molar-refractivity contribution is 5.34. The number of alkyl halides is 3. The van der Waals surface area contributed by atoms with Crippen molar-refractivity contribution in [3.05, 3.63) is 35.4 Å². The highest BCUT2D eigenvalue weighted by atomic mass is 19.4. The van der Waals surface area contributed by atoms with Crippen molar-refractivity contribution < 1.29 is 13.2 Å². The van der Waals surface area contributed by atoms with Crippen LogP contribution in [0.3, 0.4) is 0 Å². The maximum absolute atomic E-state index is 13.1. The van der Waals surface area contributed by atoms with Gasteiger partial charge in [-0.15, -0.1) is 0 Å². The minimum absolute atomic E-state index is 0.180. The zero-order valence-corrected chi connectivity index (χ0v) is 11.1. The van der Waals surface area contributed by atoms with Crippen molar-refractivity contribution in [1.29, 1.82) is 0 Å². The zero-order chi connectivity index (χ0) is 14.2. The van der Waals surface area contributed by atoms with Crippen LogP contribution in [0.5, 0.6) is 0 Å². The molecule has 1 fully saturated rings. The van der Waals surface area contributed by atoms with Crippen LogP contribution in [0, 0.1) is 0 Å². The highest BCUT2D eigenvalue weighted by Crippen LogP contribution is 2.40. The van der Waals surface area contributed by atoms with E-state index in [2.05, 4.69) is 4.90 Å². The topological polar surface area (TPSA) is 29.3 Å². The van der Waals surface area contributed by atoms with Gasteiger partial charge in [0, 0.05) is 18.6 Å². The van der Waals surface area contributed by atoms with E-state index in [4.69, 9.17) is 5.73 Å². The Kier molecular flexibility index (Phi) is 3.87. The lowest BCUT2D eigenvalue weighted by atomic mass is 9.95. The maximum Gasteiger partial charge on any atom is 0.416 e. The third kappa shape index (κ3) is 2.77. The van der Waals surface area contributed by atoms with Crippen LogP contribution in [0.4, 0.5) is 13.2 Å². The lowest BCUT2D eigenvalue weighted by Gasteiger charge is -2.32. The summed E-state index contributed by atoms with van der Waals surface area (Å²) in [6.45, 7) is 4.72. The molecule has 0 aliphatic carbocycles. The van der Waals surface area contributed by atoms with E-state index in [1.807, 2.05) is 13.8 Å². The van der Waals surface area contributed by atoms with E-state index in [-0.39, 0.29) is 18.1 Å². The van der Waals surface area contributed by atoms with E-state index < -0.39 is 11.7 Å². The van der Waals surface area contributed by atoms with E-state index >= 15 is 0 Å². The third-order valence-electron chi connectivity index (χ3n) is 3.73. The number of nitrogens with two attached hydrogens (primary N) is 1. The van der Waals surface area contributed by atoms with Crippen LogP contribution >= 0.6 is 0 Å². The predicted octanol–water partition coefficient (Wildman–Crippen LogP) is 3.19. The highest BCUT2D eigenvalue weighted by Gasteiger charge is 2.41. The molecular formula is C14H19F3N2. The van der Waals surface area contributed by atoms with Crippen LogP contribution in [0.2, 0.25) is 0 Å². The molecule has 2 atom stereocenters. The number of likely N-dealkylation sites (tertiary alicyclic amines) is 1. The number of halogens is 3. The summed E-state index contributed by atoms with van der Waals surface area (Å²) in [5, 5.41) is 0. The van der Waals surface area contributed by atoms with Crippen molar-refractivity contribution >= 4 is 0 Å². The van der Waals surface area contributed by atoms with Gasteiger partial charge < -0.3 is 5.73 Å². The first-order valence-corrected chi connectivity index (χ1v) is 6.50. The quantitative estimate of drug-likeness (QED) is 0.896. The predicted molar refractivity (Wildman–Crippen MR) is 68.6 cm³/mol. The molecule has 2 rings (SSSR count). The van der Waals surface area contributed by atoms with Crippen LogP contribution in [0.15, 0.2) is 24.3 Å². The van der Waals surface area contributed by atoms with E-state index in [0.717, 1.165) is 19.0 Å². The van der Waals surface area contributed by atoms with Crippen LogP contribution in [0.25, 0.3) is 0 Å². The van der Waals surface area contributed by atoms with E-state index in [1.54, 1.807) is 12.1 Å². The van der Waals surface area contributed by atoms with Crippen molar-refractivity contribution in [2.75, 3.05) is 6.54 Å². The number of rotatable bonds is 2. The summed E-state index contributed by atoms with van der Waals surface area (Å²) >= 11 is 0. The van der Waals surface area contributed by atoms with Gasteiger partial charge in [0.2, 0.25) is 0 Å². The van der Waals surface area contributed by atoms with E-state index in [1.165, 1.54) is 6.07 Å². The van der Waals surface area contributed by atoms with E-state index in [0.29, 0.717) is 5.56 Å². The smallest absolute Gasteiger partial charge is 0.326 e. The van der Waals surface area contributed by atoms with Crippen LogP contribution < -0.4 is 5.73 Å². The zero-order valence-electron chi connectivity index (χ0n) is 11.1. The Hall–Kier alpha value is -1.07. The molecule has 1 heterocycles. The molecule has 2 N–H and O–H groups in total. The van der Waals surface area contributed by atoms with Gasteiger partial charge in [0.15, 0.2) is 0 Å². The molecule has 0 saturated carbocycles. The van der Waals surface area contributed by atoms with Gasteiger partial charge in [0.25, 0.3) is 0 Å². The average Bonchev–Trinajstić information content (AvgIpc) is 2.70. The molecule has 106 valence electrons. The Morgan fingerprint density at radius 1 is 1.26 bits per heavy atom. The molecule has 0 aromatic heterocycles. The second-order valence-electron chi connectivity index (χ2n) is 5.31. The van der Waals surface area contributed by atoms with Crippen molar-refractivity contribution in [3.8, 4) is 0 Å². The first-order valence-electron chi connectivity index (χ1n) is 6.50. The minimum atomic E-state index is -4.33. The molecule has 0 spiro atoms. The van der Waals surface area contributed by atoms with Crippen LogP contribution in [0.1, 0.15) is 37.4 Å². The molecule has 0 bridgehead atoms.